The number of aromatic nitrogens is 1. The van der Waals surface area contributed by atoms with Crippen LogP contribution in [-0.2, 0) is 5.41 Å². The highest BCUT2D eigenvalue weighted by atomic mass is 32.1. The Balaban J connectivity index is 2.03. The topological polar surface area (TPSA) is 39.0 Å². The number of pyridine rings is 1. The molecule has 1 N–H and O–H groups in total. The van der Waals surface area contributed by atoms with Gasteiger partial charge in [0.1, 0.15) is 0 Å². The van der Waals surface area contributed by atoms with Gasteiger partial charge in [0.15, 0.2) is 17.4 Å². The second-order valence-corrected chi connectivity index (χ2v) is 8.58. The van der Waals surface area contributed by atoms with Crippen molar-refractivity contribution in [1.29, 1.82) is 0 Å². The number of thiocarbonyl (C=S) groups is 1. The van der Waals surface area contributed by atoms with Gasteiger partial charge in [-0.3, -0.25) is 0 Å². The summed E-state index contributed by atoms with van der Waals surface area (Å²) in [6.45, 7) is 6.49. The van der Waals surface area contributed by atoms with Crippen LogP contribution in [0.4, 0.5) is 5.69 Å². The quantitative estimate of drug-likeness (QED) is 0.307. The molecule has 0 atom stereocenters. The van der Waals surface area contributed by atoms with E-state index in [0.717, 1.165) is 5.69 Å². The Kier molecular flexibility index (Phi) is 5.73. The summed E-state index contributed by atoms with van der Waals surface area (Å²) in [5.74, 6) is -0.0908. The van der Waals surface area contributed by atoms with Gasteiger partial charge in [0, 0.05) is 22.7 Å². The Hall–Kier alpha value is -2.50. The maximum absolute atomic E-state index is 13.1. The van der Waals surface area contributed by atoms with E-state index in [1.165, 1.54) is 16.9 Å². The molecule has 0 aliphatic heterocycles. The summed E-state index contributed by atoms with van der Waals surface area (Å²) in [4.78, 5) is 1.06. The third kappa shape index (κ3) is 4.62. The van der Waals surface area contributed by atoms with E-state index >= 15 is 0 Å². The summed E-state index contributed by atoms with van der Waals surface area (Å²) in [5, 5.41) is 18.2. The van der Waals surface area contributed by atoms with E-state index in [2.05, 4.69) is 26.1 Å². The average molecular weight is 395 g/mol. The van der Waals surface area contributed by atoms with Gasteiger partial charge >= 0.3 is 0 Å². The lowest BCUT2D eigenvalue weighted by Crippen LogP contribution is -2.40. The Morgan fingerprint density at radius 2 is 1.67 bits per heavy atom. The van der Waals surface area contributed by atoms with Crippen molar-refractivity contribution in [1.82, 2.24) is 0 Å². The highest BCUT2D eigenvalue weighted by Crippen LogP contribution is 2.23. The molecule has 0 fully saturated rings. The van der Waals surface area contributed by atoms with Gasteiger partial charge in [-0.05, 0) is 40.3 Å². The molecule has 0 unspecified atom stereocenters. The molecular weight excluding hydrogens is 372 g/mol. The maximum Gasteiger partial charge on any atom is 0.239 e. The number of anilines is 1. The largest absolute Gasteiger partial charge is 0.867 e. The normalized spacial score (nSPS) is 12.4. The molecule has 138 valence electrons. The first-order valence-electron chi connectivity index (χ1n) is 8.70. The monoisotopic (exact) mass is 394 g/mol. The molecule has 27 heavy (non-hydrogen) atoms. The fourth-order valence-corrected chi connectivity index (χ4v) is 3.63. The van der Waals surface area contributed by atoms with Crippen LogP contribution in [0.5, 0.6) is 0 Å². The predicted octanol–water partition coefficient (Wildman–Crippen LogP) is 4.46. The van der Waals surface area contributed by atoms with Gasteiger partial charge in [0.2, 0.25) is 5.70 Å². The lowest BCUT2D eigenvalue weighted by molar-refractivity contribution is -0.577. The second kappa shape index (κ2) is 8.03. The van der Waals surface area contributed by atoms with E-state index in [0.29, 0.717) is 15.6 Å². The van der Waals surface area contributed by atoms with Gasteiger partial charge in [0.05, 0.1) is 0 Å². The number of para-hydroxylation sites is 1. The first-order chi connectivity index (χ1) is 12.9. The zero-order valence-electron chi connectivity index (χ0n) is 15.6. The van der Waals surface area contributed by atoms with E-state index in [4.69, 9.17) is 12.2 Å². The van der Waals surface area contributed by atoms with Crippen molar-refractivity contribution in [2.24, 2.45) is 0 Å². The van der Waals surface area contributed by atoms with Crippen LogP contribution >= 0.6 is 23.6 Å². The highest BCUT2D eigenvalue weighted by Gasteiger charge is 2.21. The number of rotatable bonds is 4. The van der Waals surface area contributed by atoms with Crippen molar-refractivity contribution in [3.8, 4) is 0 Å². The van der Waals surface area contributed by atoms with Crippen LogP contribution in [0.2, 0.25) is 0 Å². The predicted molar refractivity (Wildman–Crippen MR) is 115 cm³/mol. The molecule has 2 heterocycles. The number of benzene rings is 1. The maximum atomic E-state index is 13.1. The van der Waals surface area contributed by atoms with E-state index in [9.17, 15) is 5.11 Å². The van der Waals surface area contributed by atoms with Crippen molar-refractivity contribution in [3.63, 3.8) is 0 Å². The van der Waals surface area contributed by atoms with Crippen LogP contribution in [0.25, 0.3) is 11.5 Å². The zero-order chi connectivity index (χ0) is 19.4. The standard InChI is InChI=1S/C22H22N2OS2/c1-22(2,3)16-11-13-24(14-12-16)19(20(25)18-10-7-15-27-18)21(26)23-17-8-5-4-6-9-17/h4-15H,1-3H3,(H-,23,25,26). The molecule has 3 aromatic rings. The third-order valence-corrected chi connectivity index (χ3v) is 5.32. The molecular formula is C22H22N2OS2. The van der Waals surface area contributed by atoms with E-state index in [-0.39, 0.29) is 11.2 Å². The zero-order valence-corrected chi connectivity index (χ0v) is 17.2. The number of hydrogen-bond acceptors (Lipinski definition) is 3. The Morgan fingerprint density at radius 1 is 1.00 bits per heavy atom. The fraction of sp³-hybridized carbons (Fsp3) is 0.182. The van der Waals surface area contributed by atoms with Gasteiger partial charge in [-0.25, -0.2) is 0 Å². The molecule has 2 aromatic heterocycles. The lowest BCUT2D eigenvalue weighted by Gasteiger charge is -2.19. The van der Waals surface area contributed by atoms with E-state index in [1.807, 2.05) is 72.4 Å². The molecule has 3 nitrogen and oxygen atoms in total. The number of nitrogens with one attached hydrogen (secondary N) is 1. The number of hydrogen-bond donors (Lipinski definition) is 1. The first kappa shape index (κ1) is 19.3. The highest BCUT2D eigenvalue weighted by molar-refractivity contribution is 7.81. The van der Waals surface area contributed by atoms with E-state index < -0.39 is 0 Å². The molecule has 5 heteroatoms. The Bertz CT molecular complexity index is 938. The van der Waals surface area contributed by atoms with Gasteiger partial charge in [-0.15, -0.1) is 11.3 Å². The summed E-state index contributed by atoms with van der Waals surface area (Å²) in [7, 11) is 0. The van der Waals surface area contributed by atoms with Crippen LogP contribution in [0, 0.1) is 0 Å². The summed E-state index contributed by atoms with van der Waals surface area (Å²) < 4.78 is 1.80. The number of thiophene rings is 1. The molecule has 0 saturated carbocycles. The molecule has 1 aromatic carbocycles. The van der Waals surface area contributed by atoms with Crippen LogP contribution < -0.4 is 15.0 Å². The first-order valence-corrected chi connectivity index (χ1v) is 9.99. The van der Waals surface area contributed by atoms with Gasteiger partial charge < -0.3 is 10.4 Å². The second-order valence-electron chi connectivity index (χ2n) is 7.22. The summed E-state index contributed by atoms with van der Waals surface area (Å²) >= 11 is 7.02. The lowest BCUT2D eigenvalue weighted by atomic mass is 9.88. The third-order valence-electron chi connectivity index (χ3n) is 4.16. The minimum atomic E-state index is -0.0908. The summed E-state index contributed by atoms with van der Waals surface area (Å²) in [6, 6.07) is 17.4. The molecule has 0 amide bonds. The Morgan fingerprint density at radius 3 is 2.22 bits per heavy atom. The minimum Gasteiger partial charge on any atom is -0.867 e. The molecule has 0 bridgehead atoms. The molecule has 0 aliphatic rings. The number of nitrogens with zero attached hydrogens (tertiary/aromatic N) is 1. The van der Waals surface area contributed by atoms with Crippen molar-refractivity contribution in [2.45, 2.75) is 26.2 Å². The average Bonchev–Trinajstić information content (AvgIpc) is 3.17. The van der Waals surface area contributed by atoms with Gasteiger partial charge in [-0.2, -0.15) is 4.57 Å². The Labute approximate surface area is 169 Å². The van der Waals surface area contributed by atoms with Crippen LogP contribution in [0.15, 0.2) is 72.4 Å². The molecule has 0 radical (unpaired) electrons. The van der Waals surface area contributed by atoms with E-state index in [1.54, 1.807) is 4.57 Å². The smallest absolute Gasteiger partial charge is 0.239 e. The van der Waals surface area contributed by atoms with Crippen LogP contribution in [-0.4, -0.2) is 4.99 Å². The van der Waals surface area contributed by atoms with Gasteiger partial charge in [-0.1, -0.05) is 57.3 Å². The van der Waals surface area contributed by atoms with Crippen LogP contribution in [0.1, 0.15) is 31.2 Å². The van der Waals surface area contributed by atoms with Crippen molar-refractivity contribution in [3.05, 3.63) is 82.8 Å². The minimum absolute atomic E-state index is 0.0415. The molecule has 3 rings (SSSR count). The van der Waals surface area contributed by atoms with Gasteiger partial charge in [0.25, 0.3) is 0 Å². The van der Waals surface area contributed by atoms with Crippen molar-refractivity contribution in [2.75, 3.05) is 5.32 Å². The van der Waals surface area contributed by atoms with Crippen molar-refractivity contribution >= 4 is 45.7 Å². The SMILES string of the molecule is CC(C)(C)c1cc[n+](C(C(=S)Nc2ccccc2)=C([O-])c2cccs2)cc1. The van der Waals surface area contributed by atoms with Crippen molar-refractivity contribution < 1.29 is 9.67 Å². The molecule has 0 aliphatic carbocycles. The summed E-state index contributed by atoms with van der Waals surface area (Å²) in [5.41, 5.74) is 2.53. The molecule has 0 spiro atoms. The van der Waals surface area contributed by atoms with Crippen LogP contribution in [0.3, 0.4) is 0 Å². The molecule has 0 saturated heterocycles. The fourth-order valence-electron chi connectivity index (χ4n) is 2.65. The summed E-state index contributed by atoms with van der Waals surface area (Å²) in [6.07, 6.45) is 3.81.